The summed E-state index contributed by atoms with van der Waals surface area (Å²) in [6.07, 6.45) is 1.28. The first kappa shape index (κ1) is 15.3. The largest absolute Gasteiger partial charge is 0.389 e. The molecule has 1 aliphatic heterocycles. The van der Waals surface area contributed by atoms with Gasteiger partial charge < -0.3 is 14.9 Å². The van der Waals surface area contributed by atoms with Crippen LogP contribution in [0.2, 0.25) is 0 Å². The van der Waals surface area contributed by atoms with Crippen LogP contribution in [0.1, 0.15) is 38.4 Å². The topological polar surface area (TPSA) is 26.7 Å². The molecule has 0 aliphatic carbocycles. The van der Waals surface area contributed by atoms with E-state index in [1.54, 1.807) is 13.0 Å². The van der Waals surface area contributed by atoms with Crippen molar-refractivity contribution in [3.63, 3.8) is 0 Å². The lowest BCUT2D eigenvalue weighted by Crippen LogP contribution is -2.40. The molecule has 0 spiro atoms. The van der Waals surface area contributed by atoms with Crippen LogP contribution in [0.3, 0.4) is 0 Å². The fourth-order valence-corrected chi connectivity index (χ4v) is 3.10. The number of benzene rings is 1. The molecule has 20 heavy (non-hydrogen) atoms. The fraction of sp³-hybridized carbons (Fsp3) is 0.625. The molecular weight excluding hydrogens is 255 g/mol. The maximum Gasteiger partial charge on any atom is 0.131 e. The average molecular weight is 280 g/mol. The molecule has 0 saturated carbocycles. The van der Waals surface area contributed by atoms with E-state index < -0.39 is 6.10 Å². The molecule has 0 radical (unpaired) electrons. The number of likely N-dealkylation sites (N-methyl/N-ethyl adjacent to an activating group) is 1. The maximum atomic E-state index is 14.1. The Morgan fingerprint density at radius 3 is 2.80 bits per heavy atom. The Bertz CT molecular complexity index is 450. The predicted octanol–water partition coefficient (Wildman–Crippen LogP) is 2.80. The first-order valence-corrected chi connectivity index (χ1v) is 7.46. The van der Waals surface area contributed by atoms with E-state index in [2.05, 4.69) is 23.8 Å². The Labute approximate surface area is 121 Å². The molecule has 3 nitrogen and oxygen atoms in total. The number of anilines is 1. The summed E-state index contributed by atoms with van der Waals surface area (Å²) in [5.41, 5.74) is 1.28. The van der Waals surface area contributed by atoms with Crippen LogP contribution in [0.15, 0.2) is 18.2 Å². The number of halogens is 1. The van der Waals surface area contributed by atoms with Crippen molar-refractivity contribution < 1.29 is 9.50 Å². The third-order valence-electron chi connectivity index (χ3n) is 4.13. The monoisotopic (exact) mass is 280 g/mol. The zero-order valence-electron chi connectivity index (χ0n) is 12.6. The van der Waals surface area contributed by atoms with Gasteiger partial charge >= 0.3 is 0 Å². The lowest BCUT2D eigenvalue weighted by atomic mass is 10.0. The van der Waals surface area contributed by atoms with Crippen molar-refractivity contribution >= 4 is 5.69 Å². The SMILES string of the molecule is CCC1CN(C)CCCN1c1cccc(F)c1[C@H](C)O. The van der Waals surface area contributed by atoms with Crippen molar-refractivity contribution in [2.24, 2.45) is 0 Å². The molecule has 2 rings (SSSR count). The Morgan fingerprint density at radius 2 is 2.15 bits per heavy atom. The van der Waals surface area contributed by atoms with Gasteiger partial charge in [0.15, 0.2) is 0 Å². The van der Waals surface area contributed by atoms with Crippen molar-refractivity contribution in [3.05, 3.63) is 29.6 Å². The minimum absolute atomic E-state index is 0.315. The molecule has 0 bridgehead atoms. The fourth-order valence-electron chi connectivity index (χ4n) is 3.10. The minimum Gasteiger partial charge on any atom is -0.389 e. The van der Waals surface area contributed by atoms with Gasteiger partial charge in [0.05, 0.1) is 6.10 Å². The van der Waals surface area contributed by atoms with Crippen LogP contribution in [0, 0.1) is 5.82 Å². The van der Waals surface area contributed by atoms with Gasteiger partial charge in [0, 0.05) is 30.4 Å². The van der Waals surface area contributed by atoms with Gasteiger partial charge in [-0.05, 0) is 45.5 Å². The smallest absolute Gasteiger partial charge is 0.131 e. The summed E-state index contributed by atoms with van der Waals surface area (Å²) in [5.74, 6) is -0.315. The summed E-state index contributed by atoms with van der Waals surface area (Å²) in [5, 5.41) is 9.92. The van der Waals surface area contributed by atoms with Gasteiger partial charge in [0.1, 0.15) is 5.82 Å². The van der Waals surface area contributed by atoms with Crippen LogP contribution in [-0.2, 0) is 0 Å². The molecule has 0 aromatic heterocycles. The van der Waals surface area contributed by atoms with E-state index in [4.69, 9.17) is 0 Å². The molecule has 1 saturated heterocycles. The Balaban J connectivity index is 2.40. The minimum atomic E-state index is -0.787. The van der Waals surface area contributed by atoms with Gasteiger partial charge in [-0.2, -0.15) is 0 Å². The Hall–Kier alpha value is -1.13. The van der Waals surface area contributed by atoms with Crippen LogP contribution >= 0.6 is 0 Å². The Morgan fingerprint density at radius 1 is 1.40 bits per heavy atom. The predicted molar refractivity (Wildman–Crippen MR) is 80.6 cm³/mol. The molecule has 4 heteroatoms. The second-order valence-electron chi connectivity index (χ2n) is 5.72. The van der Waals surface area contributed by atoms with E-state index in [1.807, 2.05) is 6.07 Å². The van der Waals surface area contributed by atoms with Crippen molar-refractivity contribution in [1.29, 1.82) is 0 Å². The Kier molecular flexibility index (Phi) is 5.00. The second kappa shape index (κ2) is 6.55. The molecule has 1 fully saturated rings. The standard InChI is InChI=1S/C16H25FN2O/c1-4-13-11-18(3)9-6-10-19(13)15-8-5-7-14(17)16(15)12(2)20/h5,7-8,12-13,20H,4,6,9-11H2,1-3H3/t12-,13?/m0/s1. The summed E-state index contributed by atoms with van der Waals surface area (Å²) in [6.45, 7) is 6.75. The van der Waals surface area contributed by atoms with Crippen LogP contribution < -0.4 is 4.90 Å². The maximum absolute atomic E-state index is 14.1. The number of nitrogens with zero attached hydrogens (tertiary/aromatic N) is 2. The van der Waals surface area contributed by atoms with Crippen molar-refractivity contribution in [2.75, 3.05) is 31.6 Å². The lowest BCUT2D eigenvalue weighted by molar-refractivity contribution is 0.194. The summed E-state index contributed by atoms with van der Waals surface area (Å²) >= 11 is 0. The average Bonchev–Trinajstić information content (AvgIpc) is 2.59. The van der Waals surface area contributed by atoms with E-state index in [9.17, 15) is 9.50 Å². The van der Waals surface area contributed by atoms with Gasteiger partial charge in [-0.25, -0.2) is 4.39 Å². The second-order valence-corrected chi connectivity index (χ2v) is 5.72. The van der Waals surface area contributed by atoms with Crippen molar-refractivity contribution in [3.8, 4) is 0 Å². The van der Waals surface area contributed by atoms with E-state index in [1.165, 1.54) is 6.07 Å². The molecule has 1 unspecified atom stereocenters. The van der Waals surface area contributed by atoms with Gasteiger partial charge in [0.25, 0.3) is 0 Å². The zero-order valence-corrected chi connectivity index (χ0v) is 12.6. The number of hydrogen-bond donors (Lipinski definition) is 1. The van der Waals surface area contributed by atoms with E-state index in [0.717, 1.165) is 38.2 Å². The highest BCUT2D eigenvalue weighted by atomic mass is 19.1. The third-order valence-corrected chi connectivity index (χ3v) is 4.13. The van der Waals surface area contributed by atoms with E-state index >= 15 is 0 Å². The lowest BCUT2D eigenvalue weighted by Gasteiger charge is -2.34. The molecule has 1 aromatic carbocycles. The van der Waals surface area contributed by atoms with Crippen LogP contribution in [0.5, 0.6) is 0 Å². The number of rotatable bonds is 3. The molecule has 1 heterocycles. The summed E-state index contributed by atoms with van der Waals surface area (Å²) in [7, 11) is 2.13. The van der Waals surface area contributed by atoms with E-state index in [-0.39, 0.29) is 5.82 Å². The molecular formula is C16H25FN2O. The quantitative estimate of drug-likeness (QED) is 0.922. The van der Waals surface area contributed by atoms with Crippen LogP contribution in [0.25, 0.3) is 0 Å². The third kappa shape index (κ3) is 3.13. The molecule has 1 N–H and O–H groups in total. The van der Waals surface area contributed by atoms with Gasteiger partial charge in [-0.15, -0.1) is 0 Å². The first-order valence-electron chi connectivity index (χ1n) is 7.46. The number of aliphatic hydroxyl groups is 1. The summed E-state index contributed by atoms with van der Waals surface area (Å²) in [4.78, 5) is 4.60. The van der Waals surface area contributed by atoms with E-state index in [0.29, 0.717) is 11.6 Å². The number of hydrogen-bond acceptors (Lipinski definition) is 3. The summed E-state index contributed by atoms with van der Waals surface area (Å²) < 4.78 is 14.1. The summed E-state index contributed by atoms with van der Waals surface area (Å²) in [6, 6.07) is 5.45. The highest BCUT2D eigenvalue weighted by Crippen LogP contribution is 2.31. The highest BCUT2D eigenvalue weighted by molar-refractivity contribution is 5.56. The molecule has 112 valence electrons. The van der Waals surface area contributed by atoms with Gasteiger partial charge in [0.2, 0.25) is 0 Å². The van der Waals surface area contributed by atoms with Crippen LogP contribution in [-0.4, -0.2) is 42.7 Å². The highest BCUT2D eigenvalue weighted by Gasteiger charge is 2.26. The molecule has 1 aromatic rings. The van der Waals surface area contributed by atoms with Gasteiger partial charge in [-0.1, -0.05) is 13.0 Å². The number of aliphatic hydroxyl groups excluding tert-OH is 1. The normalized spacial score (nSPS) is 22.6. The first-order chi connectivity index (χ1) is 9.54. The zero-order chi connectivity index (χ0) is 14.7. The van der Waals surface area contributed by atoms with Crippen LogP contribution in [0.4, 0.5) is 10.1 Å². The molecule has 2 atom stereocenters. The molecule has 0 amide bonds. The van der Waals surface area contributed by atoms with Crippen molar-refractivity contribution in [2.45, 2.75) is 38.8 Å². The van der Waals surface area contributed by atoms with Crippen molar-refractivity contribution in [1.82, 2.24) is 4.90 Å². The van der Waals surface area contributed by atoms with Gasteiger partial charge in [-0.3, -0.25) is 0 Å². The molecule has 1 aliphatic rings.